The zero-order chi connectivity index (χ0) is 15.1. The zero-order valence-corrected chi connectivity index (χ0v) is 11.8. The zero-order valence-electron chi connectivity index (χ0n) is 11.8. The molecular weight excluding hydrogens is 266 g/mol. The van der Waals surface area contributed by atoms with E-state index in [2.05, 4.69) is 4.99 Å². The van der Waals surface area contributed by atoms with Crippen LogP contribution in [0.5, 0.6) is 5.75 Å². The number of hydrogen-bond donors (Lipinski definition) is 1. The smallest absolute Gasteiger partial charge is 0.330 e. The van der Waals surface area contributed by atoms with Gasteiger partial charge in [-0.2, -0.15) is 0 Å². The van der Waals surface area contributed by atoms with Gasteiger partial charge in [-0.3, -0.25) is 4.99 Å². The molecule has 0 bridgehead atoms. The van der Waals surface area contributed by atoms with Gasteiger partial charge in [-0.15, -0.1) is 0 Å². The third-order valence-corrected chi connectivity index (χ3v) is 2.94. The molecule has 0 amide bonds. The molecule has 2 aromatic rings. The number of benzene rings is 2. The molecule has 1 atom stereocenters. The maximum absolute atomic E-state index is 11.8. The molecule has 0 aliphatic rings. The van der Waals surface area contributed by atoms with Crippen LogP contribution in [-0.4, -0.2) is 23.3 Å². The molecule has 0 saturated carbocycles. The first kappa shape index (κ1) is 14.8. The normalized spacial score (nSPS) is 12.2. The lowest BCUT2D eigenvalue weighted by molar-refractivity contribution is -0.145. The average molecular weight is 283 g/mol. The SMILES string of the molecule is CC(N=Cc1ccccc1O)C(=O)OCc1ccccc1. The highest BCUT2D eigenvalue weighted by molar-refractivity contribution is 5.86. The van der Waals surface area contributed by atoms with Gasteiger partial charge in [0.2, 0.25) is 0 Å². The molecule has 0 heterocycles. The van der Waals surface area contributed by atoms with Crippen LogP contribution in [0.25, 0.3) is 0 Å². The van der Waals surface area contributed by atoms with Gasteiger partial charge in [-0.05, 0) is 24.6 Å². The fraction of sp³-hybridized carbons (Fsp3) is 0.176. The van der Waals surface area contributed by atoms with Gasteiger partial charge in [0.05, 0.1) is 0 Å². The topological polar surface area (TPSA) is 58.9 Å². The summed E-state index contributed by atoms with van der Waals surface area (Å²) in [6, 6.07) is 15.7. The van der Waals surface area contributed by atoms with E-state index in [1.165, 1.54) is 6.21 Å². The molecule has 0 saturated heterocycles. The van der Waals surface area contributed by atoms with Gasteiger partial charge in [0, 0.05) is 11.8 Å². The second kappa shape index (κ2) is 7.24. The molecule has 1 unspecified atom stereocenters. The van der Waals surface area contributed by atoms with E-state index in [-0.39, 0.29) is 12.4 Å². The summed E-state index contributed by atoms with van der Waals surface area (Å²) >= 11 is 0. The van der Waals surface area contributed by atoms with Crippen molar-refractivity contribution in [1.82, 2.24) is 0 Å². The van der Waals surface area contributed by atoms with Crippen LogP contribution in [0.2, 0.25) is 0 Å². The second-order valence-electron chi connectivity index (χ2n) is 4.61. The second-order valence-corrected chi connectivity index (χ2v) is 4.61. The highest BCUT2D eigenvalue weighted by Gasteiger charge is 2.12. The minimum atomic E-state index is -0.617. The standard InChI is InChI=1S/C17H17NO3/c1-13(18-11-15-9-5-6-10-16(15)19)17(20)21-12-14-7-3-2-4-8-14/h2-11,13,19H,12H2,1H3. The van der Waals surface area contributed by atoms with Crippen LogP contribution in [0.15, 0.2) is 59.6 Å². The maximum atomic E-state index is 11.8. The molecule has 0 fully saturated rings. The maximum Gasteiger partial charge on any atom is 0.330 e. The van der Waals surface area contributed by atoms with Gasteiger partial charge in [-0.25, -0.2) is 4.79 Å². The van der Waals surface area contributed by atoms with E-state index < -0.39 is 12.0 Å². The minimum absolute atomic E-state index is 0.131. The van der Waals surface area contributed by atoms with Crippen LogP contribution < -0.4 is 0 Å². The highest BCUT2D eigenvalue weighted by Crippen LogP contribution is 2.13. The quantitative estimate of drug-likeness (QED) is 0.678. The Balaban J connectivity index is 1.89. The van der Waals surface area contributed by atoms with E-state index in [0.29, 0.717) is 5.56 Å². The van der Waals surface area contributed by atoms with Crippen LogP contribution in [0.1, 0.15) is 18.1 Å². The number of esters is 1. The summed E-state index contributed by atoms with van der Waals surface area (Å²) in [5.74, 6) is -0.267. The molecule has 0 aliphatic carbocycles. The molecule has 2 rings (SSSR count). The number of phenolic OH excluding ortho intramolecular Hbond substituents is 1. The highest BCUT2D eigenvalue weighted by atomic mass is 16.5. The number of carbonyl (C=O) groups is 1. The number of rotatable bonds is 5. The fourth-order valence-corrected chi connectivity index (χ4v) is 1.70. The van der Waals surface area contributed by atoms with E-state index in [4.69, 9.17) is 4.74 Å². The first-order valence-corrected chi connectivity index (χ1v) is 6.68. The van der Waals surface area contributed by atoms with Crippen molar-refractivity contribution < 1.29 is 14.6 Å². The Kier molecular flexibility index (Phi) is 5.10. The van der Waals surface area contributed by atoms with Crippen molar-refractivity contribution in [1.29, 1.82) is 0 Å². The number of nitrogens with zero attached hydrogens (tertiary/aromatic N) is 1. The predicted molar refractivity (Wildman–Crippen MR) is 81.4 cm³/mol. The molecule has 0 aromatic heterocycles. The largest absolute Gasteiger partial charge is 0.507 e. The minimum Gasteiger partial charge on any atom is -0.507 e. The molecule has 4 nitrogen and oxygen atoms in total. The number of hydrogen-bond acceptors (Lipinski definition) is 4. The Morgan fingerprint density at radius 3 is 2.57 bits per heavy atom. The van der Waals surface area contributed by atoms with Crippen molar-refractivity contribution >= 4 is 12.2 Å². The van der Waals surface area contributed by atoms with E-state index in [1.807, 2.05) is 30.3 Å². The molecule has 0 spiro atoms. The summed E-state index contributed by atoms with van der Waals surface area (Å²) in [5, 5.41) is 9.61. The number of ether oxygens (including phenoxy) is 1. The van der Waals surface area contributed by atoms with Crippen LogP contribution in [0.4, 0.5) is 0 Å². The average Bonchev–Trinajstić information content (AvgIpc) is 2.52. The van der Waals surface area contributed by atoms with Gasteiger partial charge < -0.3 is 9.84 Å². The first-order valence-electron chi connectivity index (χ1n) is 6.68. The van der Waals surface area contributed by atoms with E-state index >= 15 is 0 Å². The summed E-state index contributed by atoms with van der Waals surface area (Å²) in [6.45, 7) is 1.89. The Morgan fingerprint density at radius 1 is 1.19 bits per heavy atom. The summed E-state index contributed by atoms with van der Waals surface area (Å²) in [7, 11) is 0. The lowest BCUT2D eigenvalue weighted by atomic mass is 10.2. The number of para-hydroxylation sites is 1. The molecule has 0 aliphatic heterocycles. The number of aromatic hydroxyl groups is 1. The molecule has 108 valence electrons. The molecule has 2 aromatic carbocycles. The third-order valence-electron chi connectivity index (χ3n) is 2.94. The third kappa shape index (κ3) is 4.45. The lowest BCUT2D eigenvalue weighted by Crippen LogP contribution is -2.18. The van der Waals surface area contributed by atoms with Gasteiger partial charge in [0.25, 0.3) is 0 Å². The molecular formula is C17H17NO3. The lowest BCUT2D eigenvalue weighted by Gasteiger charge is -2.08. The Bertz CT molecular complexity index is 623. The molecule has 4 heteroatoms. The Hall–Kier alpha value is -2.62. The van der Waals surface area contributed by atoms with Gasteiger partial charge in [-0.1, -0.05) is 42.5 Å². The molecule has 1 N–H and O–H groups in total. The van der Waals surface area contributed by atoms with E-state index in [0.717, 1.165) is 5.56 Å². The van der Waals surface area contributed by atoms with Crippen LogP contribution >= 0.6 is 0 Å². The van der Waals surface area contributed by atoms with Crippen LogP contribution in [0.3, 0.4) is 0 Å². The number of aliphatic imine (C=N–C) groups is 1. The number of phenols is 1. The fourth-order valence-electron chi connectivity index (χ4n) is 1.70. The summed E-state index contributed by atoms with van der Waals surface area (Å²) in [5.41, 5.74) is 1.50. The monoisotopic (exact) mass is 283 g/mol. The van der Waals surface area contributed by atoms with Crippen LogP contribution in [0, 0.1) is 0 Å². The van der Waals surface area contributed by atoms with Gasteiger partial charge in [0.1, 0.15) is 18.4 Å². The van der Waals surface area contributed by atoms with Crippen molar-refractivity contribution in [3.63, 3.8) is 0 Å². The van der Waals surface area contributed by atoms with Crippen molar-refractivity contribution in [2.24, 2.45) is 4.99 Å². The Morgan fingerprint density at radius 2 is 1.86 bits per heavy atom. The summed E-state index contributed by atoms with van der Waals surface area (Å²) < 4.78 is 5.19. The summed E-state index contributed by atoms with van der Waals surface area (Å²) in [4.78, 5) is 15.9. The predicted octanol–water partition coefficient (Wildman–Crippen LogP) is 2.94. The summed E-state index contributed by atoms with van der Waals surface area (Å²) in [6.07, 6.45) is 1.48. The van der Waals surface area contributed by atoms with Crippen molar-refractivity contribution in [2.75, 3.05) is 0 Å². The van der Waals surface area contributed by atoms with Crippen molar-refractivity contribution in [3.8, 4) is 5.75 Å². The van der Waals surface area contributed by atoms with Crippen molar-refractivity contribution in [2.45, 2.75) is 19.6 Å². The molecule has 21 heavy (non-hydrogen) atoms. The Labute approximate surface area is 123 Å². The van der Waals surface area contributed by atoms with E-state index in [1.54, 1.807) is 31.2 Å². The van der Waals surface area contributed by atoms with E-state index in [9.17, 15) is 9.90 Å². The number of carbonyl (C=O) groups excluding carboxylic acids is 1. The van der Waals surface area contributed by atoms with Gasteiger partial charge >= 0.3 is 5.97 Å². The molecule has 0 radical (unpaired) electrons. The van der Waals surface area contributed by atoms with Crippen molar-refractivity contribution in [3.05, 3.63) is 65.7 Å². The van der Waals surface area contributed by atoms with Crippen LogP contribution in [-0.2, 0) is 16.1 Å². The first-order chi connectivity index (χ1) is 10.2. The van der Waals surface area contributed by atoms with Gasteiger partial charge in [0.15, 0.2) is 0 Å².